The minimum atomic E-state index is -1.64. The van der Waals surface area contributed by atoms with E-state index in [4.69, 9.17) is 4.43 Å². The molecule has 118 valence electrons. The maximum Gasteiger partial charge on any atom is 0.384 e. The first-order chi connectivity index (χ1) is 9.87. The van der Waals surface area contributed by atoms with Crippen LogP contribution < -0.4 is 0 Å². The molecule has 3 nitrogen and oxygen atoms in total. The highest BCUT2D eigenvalue weighted by atomic mass is 28.4. The molecule has 1 atom stereocenters. The Balaban J connectivity index is 2.77. The Bertz CT molecular complexity index is 426. The van der Waals surface area contributed by atoms with Gasteiger partial charge >= 0.3 is 5.97 Å². The lowest BCUT2D eigenvalue weighted by Crippen LogP contribution is -2.41. The monoisotopic (exact) mass is 308 g/mol. The van der Waals surface area contributed by atoms with Crippen molar-refractivity contribution in [3.63, 3.8) is 0 Å². The Morgan fingerprint density at radius 3 is 2.71 bits per heavy atom. The van der Waals surface area contributed by atoms with Crippen LogP contribution in [0.4, 0.5) is 0 Å². The molecule has 0 aromatic heterocycles. The summed E-state index contributed by atoms with van der Waals surface area (Å²) >= 11 is 0. The van der Waals surface area contributed by atoms with Gasteiger partial charge in [0.15, 0.2) is 8.32 Å². The topological polar surface area (TPSA) is 35.5 Å². The molecule has 1 aliphatic carbocycles. The third kappa shape index (κ3) is 7.49. The Morgan fingerprint density at radius 1 is 1.29 bits per heavy atom. The average molecular weight is 308 g/mol. The van der Waals surface area contributed by atoms with Crippen LogP contribution in [0.3, 0.4) is 0 Å². The first-order valence-corrected chi connectivity index (χ1v) is 11.2. The molecule has 0 heterocycles. The van der Waals surface area contributed by atoms with Gasteiger partial charge in [-0.15, -0.1) is 0 Å². The first kappa shape index (κ1) is 18.0. The Kier molecular flexibility index (Phi) is 7.20. The van der Waals surface area contributed by atoms with E-state index < -0.39 is 14.3 Å². The number of hydrogen-bond acceptors (Lipinski definition) is 3. The van der Waals surface area contributed by atoms with Crippen LogP contribution in [0.25, 0.3) is 0 Å². The van der Waals surface area contributed by atoms with Crippen molar-refractivity contribution >= 4 is 14.3 Å². The highest BCUT2D eigenvalue weighted by Crippen LogP contribution is 2.32. The molecule has 21 heavy (non-hydrogen) atoms. The standard InChI is InChI=1S/C17H28O3Si/c1-19-16(18)12-8-11-15-17(20-21(2,3)4)13-9-6-5-7-10-14-17/h9,13H,5-7,10-11,14-15H2,1-4H3/b13-9-. The smallest absolute Gasteiger partial charge is 0.384 e. The summed E-state index contributed by atoms with van der Waals surface area (Å²) in [5.41, 5.74) is -0.199. The number of carbonyl (C=O) groups excluding carboxylic acids is 1. The highest BCUT2D eigenvalue weighted by molar-refractivity contribution is 6.69. The van der Waals surface area contributed by atoms with Gasteiger partial charge in [-0.05, 0) is 45.3 Å². The fraction of sp³-hybridized carbons (Fsp3) is 0.706. The van der Waals surface area contributed by atoms with Crippen molar-refractivity contribution in [1.82, 2.24) is 0 Å². The van der Waals surface area contributed by atoms with Gasteiger partial charge in [0.05, 0.1) is 12.7 Å². The van der Waals surface area contributed by atoms with Crippen LogP contribution in [-0.2, 0) is 14.0 Å². The van der Waals surface area contributed by atoms with Gasteiger partial charge in [-0.1, -0.05) is 30.9 Å². The zero-order valence-corrected chi connectivity index (χ0v) is 14.8. The molecule has 0 aliphatic heterocycles. The third-order valence-electron chi connectivity index (χ3n) is 3.45. The van der Waals surface area contributed by atoms with Gasteiger partial charge < -0.3 is 9.16 Å². The van der Waals surface area contributed by atoms with E-state index in [0.717, 1.165) is 19.3 Å². The Morgan fingerprint density at radius 2 is 2.05 bits per heavy atom. The number of hydrogen-bond donors (Lipinski definition) is 0. The molecule has 4 heteroatoms. The predicted octanol–water partition coefficient (Wildman–Crippen LogP) is 4.05. The van der Waals surface area contributed by atoms with Gasteiger partial charge in [-0.2, -0.15) is 0 Å². The summed E-state index contributed by atoms with van der Waals surface area (Å²) in [4.78, 5) is 11.0. The molecule has 0 bridgehead atoms. The highest BCUT2D eigenvalue weighted by Gasteiger charge is 2.33. The molecule has 1 rings (SSSR count). The van der Waals surface area contributed by atoms with Gasteiger partial charge in [-0.25, -0.2) is 4.79 Å². The summed E-state index contributed by atoms with van der Waals surface area (Å²) in [6.45, 7) is 6.67. The van der Waals surface area contributed by atoms with Crippen LogP contribution in [0.15, 0.2) is 12.2 Å². The maximum absolute atomic E-state index is 11.0. The number of rotatable bonds is 4. The zero-order chi connectivity index (χ0) is 15.8. The molecule has 0 saturated heterocycles. The average Bonchev–Trinajstić information content (AvgIpc) is 2.37. The van der Waals surface area contributed by atoms with E-state index >= 15 is 0 Å². The number of allylic oxidation sites excluding steroid dienone is 1. The molecule has 1 unspecified atom stereocenters. The number of carbonyl (C=O) groups is 1. The summed E-state index contributed by atoms with van der Waals surface area (Å²) in [7, 11) is -0.284. The lowest BCUT2D eigenvalue weighted by Gasteiger charge is -2.38. The number of ether oxygens (including phenoxy) is 1. The van der Waals surface area contributed by atoms with Gasteiger partial charge in [0, 0.05) is 12.3 Å². The van der Waals surface area contributed by atoms with Gasteiger partial charge in [0.25, 0.3) is 0 Å². The largest absolute Gasteiger partial charge is 0.459 e. The molecule has 0 amide bonds. The first-order valence-electron chi connectivity index (χ1n) is 7.82. The molecule has 0 aromatic rings. The summed E-state index contributed by atoms with van der Waals surface area (Å²) in [5.74, 6) is 4.94. The zero-order valence-electron chi connectivity index (χ0n) is 13.8. The second-order valence-electron chi connectivity index (χ2n) is 6.57. The van der Waals surface area contributed by atoms with E-state index in [-0.39, 0.29) is 5.60 Å². The van der Waals surface area contributed by atoms with Crippen molar-refractivity contribution in [2.24, 2.45) is 0 Å². The van der Waals surface area contributed by atoms with Crippen molar-refractivity contribution in [3.05, 3.63) is 12.2 Å². The van der Waals surface area contributed by atoms with Crippen LogP contribution in [-0.4, -0.2) is 27.0 Å². The van der Waals surface area contributed by atoms with E-state index in [0.29, 0.717) is 6.42 Å². The second-order valence-corrected chi connectivity index (χ2v) is 11.0. The van der Waals surface area contributed by atoms with Crippen molar-refractivity contribution in [3.8, 4) is 11.8 Å². The molecular formula is C17H28O3Si. The van der Waals surface area contributed by atoms with E-state index in [1.54, 1.807) is 0 Å². The quantitative estimate of drug-likeness (QED) is 0.258. The van der Waals surface area contributed by atoms with Gasteiger partial charge in [-0.3, -0.25) is 0 Å². The van der Waals surface area contributed by atoms with E-state index in [1.807, 2.05) is 0 Å². The van der Waals surface area contributed by atoms with Crippen LogP contribution >= 0.6 is 0 Å². The van der Waals surface area contributed by atoms with Gasteiger partial charge in [0.1, 0.15) is 0 Å². The molecule has 0 spiro atoms. The fourth-order valence-electron chi connectivity index (χ4n) is 2.66. The number of methoxy groups -OCH3 is 1. The maximum atomic E-state index is 11.0. The van der Waals surface area contributed by atoms with Crippen molar-refractivity contribution < 1.29 is 14.0 Å². The van der Waals surface area contributed by atoms with Crippen molar-refractivity contribution in [2.45, 2.75) is 70.2 Å². The van der Waals surface area contributed by atoms with E-state index in [2.05, 4.69) is 48.4 Å². The summed E-state index contributed by atoms with van der Waals surface area (Å²) in [6, 6.07) is 0. The summed E-state index contributed by atoms with van der Waals surface area (Å²) in [6.07, 6.45) is 11.9. The van der Waals surface area contributed by atoms with Gasteiger partial charge in [0.2, 0.25) is 0 Å². The lowest BCUT2D eigenvalue weighted by atomic mass is 9.88. The fourth-order valence-corrected chi connectivity index (χ4v) is 4.15. The van der Waals surface area contributed by atoms with Crippen LogP contribution in [0, 0.1) is 11.8 Å². The minimum absolute atomic E-state index is 0.199. The SMILES string of the molecule is COC(=O)C#CCCC1(O[Si](C)(C)C)/C=C\CCCCC1. The molecule has 0 aromatic carbocycles. The second kappa shape index (κ2) is 8.40. The minimum Gasteiger partial charge on any atom is -0.459 e. The molecule has 1 aliphatic rings. The molecule has 0 radical (unpaired) electrons. The normalized spacial score (nSPS) is 24.2. The molecule has 0 saturated carbocycles. The van der Waals surface area contributed by atoms with Crippen LogP contribution in [0.5, 0.6) is 0 Å². The summed E-state index contributed by atoms with van der Waals surface area (Å²) in [5, 5.41) is 0. The van der Waals surface area contributed by atoms with E-state index in [9.17, 15) is 4.79 Å². The van der Waals surface area contributed by atoms with Crippen molar-refractivity contribution in [2.75, 3.05) is 7.11 Å². The number of esters is 1. The summed E-state index contributed by atoms with van der Waals surface area (Å²) < 4.78 is 11.0. The van der Waals surface area contributed by atoms with Crippen LogP contribution in [0.2, 0.25) is 19.6 Å². The predicted molar refractivity (Wildman–Crippen MR) is 88.4 cm³/mol. The van der Waals surface area contributed by atoms with E-state index in [1.165, 1.54) is 26.4 Å². The third-order valence-corrected chi connectivity index (χ3v) is 4.47. The van der Waals surface area contributed by atoms with Crippen molar-refractivity contribution in [1.29, 1.82) is 0 Å². The van der Waals surface area contributed by atoms with Crippen LogP contribution in [0.1, 0.15) is 44.9 Å². The molecular weight excluding hydrogens is 280 g/mol. The lowest BCUT2D eigenvalue weighted by molar-refractivity contribution is -0.133. The Hall–Kier alpha value is -1.05. The molecule has 0 fully saturated rings. The molecule has 0 N–H and O–H groups in total. The Labute approximate surface area is 130 Å².